The van der Waals surface area contributed by atoms with Crippen LogP contribution in [0.15, 0.2) is 24.3 Å². The number of carbonyl (C=O) groups is 3. The number of thiocarbonyl (C=S) groups is 1. The van der Waals surface area contributed by atoms with E-state index in [9.17, 15) is 24.5 Å². The van der Waals surface area contributed by atoms with Crippen LogP contribution < -0.4 is 16.2 Å². The summed E-state index contributed by atoms with van der Waals surface area (Å²) in [6, 6.07) is 4.93. The van der Waals surface area contributed by atoms with Gasteiger partial charge >= 0.3 is 5.97 Å². The molecule has 26 heavy (non-hydrogen) atoms. The van der Waals surface area contributed by atoms with Gasteiger partial charge in [0.25, 0.3) is 11.6 Å². The van der Waals surface area contributed by atoms with Crippen molar-refractivity contribution in [2.45, 2.75) is 26.2 Å². The van der Waals surface area contributed by atoms with Crippen LogP contribution in [0.3, 0.4) is 0 Å². The number of non-ortho nitro benzene ring substituents is 1. The Labute approximate surface area is 154 Å². The summed E-state index contributed by atoms with van der Waals surface area (Å²) in [7, 11) is 0. The molecule has 0 aliphatic carbocycles. The van der Waals surface area contributed by atoms with Crippen molar-refractivity contribution in [2.75, 3.05) is 6.61 Å². The smallest absolute Gasteiger partial charge is 0.306 e. The van der Waals surface area contributed by atoms with E-state index < -0.39 is 22.7 Å². The van der Waals surface area contributed by atoms with Crippen LogP contribution in [0.25, 0.3) is 0 Å². The summed E-state index contributed by atoms with van der Waals surface area (Å²) in [6.45, 7) is 2.16. The van der Waals surface area contributed by atoms with Gasteiger partial charge in [0.15, 0.2) is 5.11 Å². The number of amides is 2. The summed E-state index contributed by atoms with van der Waals surface area (Å²) in [4.78, 5) is 44.7. The maximum atomic E-state index is 11.9. The molecule has 0 aromatic heterocycles. The number of ether oxygens (including phenoxy) is 1. The number of hydrogen-bond donors (Lipinski definition) is 3. The third kappa shape index (κ3) is 7.66. The molecule has 0 fully saturated rings. The van der Waals surface area contributed by atoms with Crippen LogP contribution in [-0.2, 0) is 14.3 Å². The van der Waals surface area contributed by atoms with Gasteiger partial charge in [-0.15, -0.1) is 0 Å². The minimum atomic E-state index is -0.598. The average molecular weight is 382 g/mol. The van der Waals surface area contributed by atoms with Crippen molar-refractivity contribution in [1.29, 1.82) is 0 Å². The molecular weight excluding hydrogens is 364 g/mol. The molecule has 0 spiro atoms. The standard InChI is InChI=1S/C15H18N4O6S/c1-2-9-25-13(21)8-7-12(20)16-15(26)18-17-14(22)10-3-5-11(6-4-10)19(23)24/h3-6H,2,7-9H2,1H3,(H,17,22)(H2,16,18,20,26). The second-order valence-corrected chi connectivity index (χ2v) is 5.39. The van der Waals surface area contributed by atoms with Crippen molar-refractivity contribution in [2.24, 2.45) is 0 Å². The molecule has 2 amide bonds. The van der Waals surface area contributed by atoms with E-state index in [1.165, 1.54) is 24.3 Å². The van der Waals surface area contributed by atoms with Gasteiger partial charge in [-0.05, 0) is 30.8 Å². The molecular formula is C15H18N4O6S. The fraction of sp³-hybridized carbons (Fsp3) is 0.333. The SMILES string of the molecule is CCCOC(=O)CCC(=O)NC(=S)NNC(=O)c1ccc([N+](=O)[O-])cc1. The maximum absolute atomic E-state index is 11.9. The van der Waals surface area contributed by atoms with E-state index in [2.05, 4.69) is 16.2 Å². The molecule has 3 N–H and O–H groups in total. The fourth-order valence-corrected chi connectivity index (χ4v) is 1.81. The van der Waals surface area contributed by atoms with Crippen LogP contribution in [0.1, 0.15) is 36.5 Å². The Morgan fingerprint density at radius 1 is 1.15 bits per heavy atom. The minimum absolute atomic E-state index is 0.0798. The molecule has 0 radical (unpaired) electrons. The van der Waals surface area contributed by atoms with Gasteiger partial charge in [0, 0.05) is 24.1 Å². The van der Waals surface area contributed by atoms with Crippen molar-refractivity contribution in [1.82, 2.24) is 16.2 Å². The topological polar surface area (TPSA) is 140 Å². The van der Waals surface area contributed by atoms with Crippen molar-refractivity contribution in [3.8, 4) is 0 Å². The number of esters is 1. The Balaban J connectivity index is 2.34. The van der Waals surface area contributed by atoms with Gasteiger partial charge in [0.05, 0.1) is 18.0 Å². The van der Waals surface area contributed by atoms with Gasteiger partial charge in [-0.3, -0.25) is 35.3 Å². The molecule has 1 aromatic rings. The zero-order valence-corrected chi connectivity index (χ0v) is 14.8. The fourth-order valence-electron chi connectivity index (χ4n) is 1.64. The number of carbonyl (C=O) groups excluding carboxylic acids is 3. The first-order valence-electron chi connectivity index (χ1n) is 7.63. The third-order valence-corrected chi connectivity index (χ3v) is 3.11. The largest absolute Gasteiger partial charge is 0.466 e. The second kappa shape index (κ2) is 10.7. The summed E-state index contributed by atoms with van der Waals surface area (Å²) >= 11 is 4.84. The normalized spacial score (nSPS) is 9.73. The van der Waals surface area contributed by atoms with Gasteiger partial charge < -0.3 is 10.1 Å². The molecule has 140 valence electrons. The van der Waals surface area contributed by atoms with Crippen LogP contribution in [0, 0.1) is 10.1 Å². The summed E-state index contributed by atoms with van der Waals surface area (Å²) < 4.78 is 4.83. The molecule has 10 nitrogen and oxygen atoms in total. The Hall–Kier alpha value is -3.08. The quantitative estimate of drug-likeness (QED) is 0.274. The first-order chi connectivity index (χ1) is 12.3. The molecule has 1 aromatic carbocycles. The molecule has 0 aliphatic heterocycles. The lowest BCUT2D eigenvalue weighted by molar-refractivity contribution is -0.384. The number of nitro benzene ring substituents is 1. The summed E-state index contributed by atoms with van der Waals surface area (Å²) in [5, 5.41) is 12.7. The van der Waals surface area contributed by atoms with Gasteiger partial charge in [0.2, 0.25) is 5.91 Å². The number of rotatable bonds is 7. The number of nitrogens with one attached hydrogen (secondary N) is 3. The molecule has 0 atom stereocenters. The maximum Gasteiger partial charge on any atom is 0.306 e. The number of hydrogen-bond acceptors (Lipinski definition) is 7. The highest BCUT2D eigenvalue weighted by molar-refractivity contribution is 7.80. The Kier molecular flexibility index (Phi) is 8.64. The van der Waals surface area contributed by atoms with Gasteiger partial charge in [-0.1, -0.05) is 6.92 Å². The number of benzene rings is 1. The van der Waals surface area contributed by atoms with Gasteiger partial charge in [-0.25, -0.2) is 0 Å². The van der Waals surface area contributed by atoms with E-state index in [-0.39, 0.29) is 29.2 Å². The van der Waals surface area contributed by atoms with E-state index in [1.807, 2.05) is 6.92 Å². The molecule has 0 aliphatic rings. The van der Waals surface area contributed by atoms with Gasteiger partial charge in [-0.2, -0.15) is 0 Å². The van der Waals surface area contributed by atoms with Crippen LogP contribution in [0.2, 0.25) is 0 Å². The first-order valence-corrected chi connectivity index (χ1v) is 8.04. The van der Waals surface area contributed by atoms with Crippen molar-refractivity contribution < 1.29 is 24.0 Å². The molecule has 0 saturated heterocycles. The van der Waals surface area contributed by atoms with Crippen molar-refractivity contribution in [3.63, 3.8) is 0 Å². The zero-order valence-electron chi connectivity index (χ0n) is 13.9. The predicted molar refractivity (Wildman–Crippen MR) is 94.9 cm³/mol. The number of nitro groups is 1. The molecule has 0 bridgehead atoms. The zero-order chi connectivity index (χ0) is 19.5. The molecule has 0 saturated carbocycles. The summed E-state index contributed by atoms with van der Waals surface area (Å²) in [6.07, 6.45) is 0.505. The summed E-state index contributed by atoms with van der Waals surface area (Å²) in [5.74, 6) is -1.59. The van der Waals surface area contributed by atoms with Crippen molar-refractivity contribution in [3.05, 3.63) is 39.9 Å². The lowest BCUT2D eigenvalue weighted by atomic mass is 10.2. The van der Waals surface area contributed by atoms with Crippen molar-refractivity contribution >= 4 is 40.8 Å². The average Bonchev–Trinajstić information content (AvgIpc) is 2.62. The van der Waals surface area contributed by atoms with Crippen LogP contribution in [0.5, 0.6) is 0 Å². The van der Waals surface area contributed by atoms with E-state index >= 15 is 0 Å². The highest BCUT2D eigenvalue weighted by Gasteiger charge is 2.11. The Bertz CT molecular complexity index is 692. The molecule has 11 heteroatoms. The van der Waals surface area contributed by atoms with E-state index in [4.69, 9.17) is 17.0 Å². The second-order valence-electron chi connectivity index (χ2n) is 4.98. The van der Waals surface area contributed by atoms with Crippen LogP contribution in [0.4, 0.5) is 5.69 Å². The molecule has 0 unspecified atom stereocenters. The monoisotopic (exact) mass is 382 g/mol. The Morgan fingerprint density at radius 3 is 2.38 bits per heavy atom. The van der Waals surface area contributed by atoms with Gasteiger partial charge in [0.1, 0.15) is 0 Å². The number of nitrogens with zero attached hydrogens (tertiary/aromatic N) is 1. The predicted octanol–water partition coefficient (Wildman–Crippen LogP) is 0.964. The van der Waals surface area contributed by atoms with E-state index in [1.54, 1.807) is 0 Å². The first kappa shape index (κ1) is 21.0. The minimum Gasteiger partial charge on any atom is -0.466 e. The molecule has 0 heterocycles. The highest BCUT2D eigenvalue weighted by atomic mass is 32.1. The highest BCUT2D eigenvalue weighted by Crippen LogP contribution is 2.11. The summed E-state index contributed by atoms with van der Waals surface area (Å²) in [5.41, 5.74) is 4.58. The lowest BCUT2D eigenvalue weighted by Crippen LogP contribution is -2.48. The van der Waals surface area contributed by atoms with Crippen LogP contribution >= 0.6 is 12.2 Å². The van der Waals surface area contributed by atoms with E-state index in [0.29, 0.717) is 13.0 Å². The molecule has 1 rings (SSSR count). The lowest BCUT2D eigenvalue weighted by Gasteiger charge is -2.10. The van der Waals surface area contributed by atoms with Crippen LogP contribution in [-0.4, -0.2) is 34.4 Å². The number of hydrazine groups is 1. The third-order valence-electron chi connectivity index (χ3n) is 2.91. The van der Waals surface area contributed by atoms with E-state index in [0.717, 1.165) is 0 Å². The Morgan fingerprint density at radius 2 is 1.81 bits per heavy atom.